The van der Waals surface area contributed by atoms with Gasteiger partial charge in [-0.15, -0.1) is 0 Å². The quantitative estimate of drug-likeness (QED) is 0.893. The van der Waals surface area contributed by atoms with Gasteiger partial charge in [0.05, 0.1) is 26.4 Å². The highest BCUT2D eigenvalue weighted by atomic mass is 16.5. The minimum absolute atomic E-state index is 0.248. The SMILES string of the molecule is COc1cc(C)c(NC2CCOC2C)cc1OC. The maximum absolute atomic E-state index is 5.56. The van der Waals surface area contributed by atoms with Crippen LogP contribution in [0.25, 0.3) is 0 Å². The van der Waals surface area contributed by atoms with E-state index in [1.165, 1.54) is 0 Å². The zero-order chi connectivity index (χ0) is 13.1. The first-order valence-corrected chi connectivity index (χ1v) is 6.26. The Balaban J connectivity index is 2.22. The van der Waals surface area contributed by atoms with Crippen LogP contribution in [0.4, 0.5) is 5.69 Å². The van der Waals surface area contributed by atoms with Crippen molar-refractivity contribution in [1.82, 2.24) is 0 Å². The van der Waals surface area contributed by atoms with E-state index in [9.17, 15) is 0 Å². The summed E-state index contributed by atoms with van der Waals surface area (Å²) in [6.45, 7) is 4.98. The van der Waals surface area contributed by atoms with Crippen molar-refractivity contribution < 1.29 is 14.2 Å². The molecule has 1 N–H and O–H groups in total. The molecule has 0 amide bonds. The number of rotatable bonds is 4. The molecule has 1 fully saturated rings. The number of aryl methyl sites for hydroxylation is 1. The van der Waals surface area contributed by atoms with Gasteiger partial charge in [0.1, 0.15) is 0 Å². The van der Waals surface area contributed by atoms with Gasteiger partial charge in [-0.2, -0.15) is 0 Å². The van der Waals surface area contributed by atoms with Crippen LogP contribution in [-0.4, -0.2) is 33.0 Å². The molecule has 4 heteroatoms. The van der Waals surface area contributed by atoms with Gasteiger partial charge in [-0.1, -0.05) is 0 Å². The summed E-state index contributed by atoms with van der Waals surface area (Å²) in [4.78, 5) is 0. The monoisotopic (exact) mass is 251 g/mol. The first-order valence-electron chi connectivity index (χ1n) is 6.26. The summed E-state index contributed by atoms with van der Waals surface area (Å²) in [5.41, 5.74) is 2.22. The third kappa shape index (κ3) is 2.53. The molecule has 1 aromatic carbocycles. The standard InChI is InChI=1S/C14H21NO3/c1-9-7-13(16-3)14(17-4)8-12(9)15-11-5-6-18-10(11)2/h7-8,10-11,15H,5-6H2,1-4H3. The van der Waals surface area contributed by atoms with Gasteiger partial charge in [-0.05, 0) is 31.9 Å². The van der Waals surface area contributed by atoms with E-state index >= 15 is 0 Å². The van der Waals surface area contributed by atoms with Gasteiger partial charge in [0.2, 0.25) is 0 Å². The maximum atomic E-state index is 5.56. The number of nitrogens with one attached hydrogen (secondary N) is 1. The van der Waals surface area contributed by atoms with Crippen molar-refractivity contribution in [2.45, 2.75) is 32.4 Å². The number of ether oxygens (including phenoxy) is 3. The van der Waals surface area contributed by atoms with Crippen LogP contribution < -0.4 is 14.8 Å². The minimum atomic E-state index is 0.248. The highest BCUT2D eigenvalue weighted by Crippen LogP contribution is 2.34. The lowest BCUT2D eigenvalue weighted by Gasteiger charge is -2.20. The number of hydrogen-bond donors (Lipinski definition) is 1. The van der Waals surface area contributed by atoms with E-state index in [4.69, 9.17) is 14.2 Å². The van der Waals surface area contributed by atoms with Crippen molar-refractivity contribution in [2.24, 2.45) is 0 Å². The molecule has 18 heavy (non-hydrogen) atoms. The third-order valence-corrected chi connectivity index (χ3v) is 3.45. The highest BCUT2D eigenvalue weighted by Gasteiger charge is 2.24. The fraction of sp³-hybridized carbons (Fsp3) is 0.571. The predicted octanol–water partition coefficient (Wildman–Crippen LogP) is 2.60. The maximum Gasteiger partial charge on any atom is 0.162 e. The molecule has 2 atom stereocenters. The Morgan fingerprint density at radius 1 is 1.22 bits per heavy atom. The van der Waals surface area contributed by atoms with E-state index in [0.29, 0.717) is 6.04 Å². The molecule has 0 radical (unpaired) electrons. The van der Waals surface area contributed by atoms with Crippen LogP contribution >= 0.6 is 0 Å². The second kappa shape index (κ2) is 5.48. The lowest BCUT2D eigenvalue weighted by atomic mass is 10.1. The molecule has 0 spiro atoms. The van der Waals surface area contributed by atoms with Crippen LogP contribution in [0.3, 0.4) is 0 Å². The van der Waals surface area contributed by atoms with Gasteiger partial charge in [0.15, 0.2) is 11.5 Å². The predicted molar refractivity (Wildman–Crippen MR) is 71.7 cm³/mol. The Morgan fingerprint density at radius 3 is 2.44 bits per heavy atom. The van der Waals surface area contributed by atoms with E-state index in [-0.39, 0.29) is 6.10 Å². The third-order valence-electron chi connectivity index (χ3n) is 3.45. The summed E-state index contributed by atoms with van der Waals surface area (Å²) in [5, 5.41) is 3.52. The first kappa shape index (κ1) is 13.0. The zero-order valence-corrected chi connectivity index (χ0v) is 11.4. The summed E-state index contributed by atoms with van der Waals surface area (Å²) < 4.78 is 16.2. The molecule has 2 unspecified atom stereocenters. The normalized spacial score (nSPS) is 22.9. The van der Waals surface area contributed by atoms with Gasteiger partial charge in [-0.3, -0.25) is 0 Å². The summed E-state index contributed by atoms with van der Waals surface area (Å²) in [5.74, 6) is 1.51. The fourth-order valence-corrected chi connectivity index (χ4v) is 2.26. The highest BCUT2D eigenvalue weighted by molar-refractivity contribution is 5.60. The van der Waals surface area contributed by atoms with E-state index in [1.54, 1.807) is 14.2 Å². The van der Waals surface area contributed by atoms with Crippen molar-refractivity contribution in [3.8, 4) is 11.5 Å². The van der Waals surface area contributed by atoms with Crippen molar-refractivity contribution in [3.05, 3.63) is 17.7 Å². The van der Waals surface area contributed by atoms with Crippen LogP contribution in [-0.2, 0) is 4.74 Å². The van der Waals surface area contributed by atoms with Crippen LogP contribution in [0.15, 0.2) is 12.1 Å². The van der Waals surface area contributed by atoms with Crippen LogP contribution in [0, 0.1) is 6.92 Å². The fourth-order valence-electron chi connectivity index (χ4n) is 2.26. The second-order valence-corrected chi connectivity index (χ2v) is 4.64. The van der Waals surface area contributed by atoms with Gasteiger partial charge >= 0.3 is 0 Å². The summed E-state index contributed by atoms with van der Waals surface area (Å²) in [7, 11) is 3.30. The number of anilines is 1. The Labute approximate surface area is 108 Å². The molecular weight excluding hydrogens is 230 g/mol. The van der Waals surface area contributed by atoms with E-state index in [2.05, 4.69) is 19.2 Å². The first-order chi connectivity index (χ1) is 8.65. The Bertz CT molecular complexity index is 420. The van der Waals surface area contributed by atoms with E-state index in [0.717, 1.165) is 35.8 Å². The van der Waals surface area contributed by atoms with Crippen LogP contribution in [0.1, 0.15) is 18.9 Å². The number of methoxy groups -OCH3 is 2. The van der Waals surface area contributed by atoms with Gasteiger partial charge in [0.25, 0.3) is 0 Å². The topological polar surface area (TPSA) is 39.7 Å². The second-order valence-electron chi connectivity index (χ2n) is 4.64. The summed E-state index contributed by atoms with van der Waals surface area (Å²) in [6.07, 6.45) is 1.28. The van der Waals surface area contributed by atoms with Gasteiger partial charge in [0, 0.05) is 18.4 Å². The smallest absolute Gasteiger partial charge is 0.162 e. The molecule has 1 aliphatic heterocycles. The molecule has 1 heterocycles. The molecule has 100 valence electrons. The molecule has 1 saturated heterocycles. The lowest BCUT2D eigenvalue weighted by Crippen LogP contribution is -2.27. The Kier molecular flexibility index (Phi) is 3.97. The van der Waals surface area contributed by atoms with Gasteiger partial charge in [-0.25, -0.2) is 0 Å². The van der Waals surface area contributed by atoms with Crippen molar-refractivity contribution in [1.29, 1.82) is 0 Å². The van der Waals surface area contributed by atoms with Crippen molar-refractivity contribution in [3.63, 3.8) is 0 Å². The van der Waals surface area contributed by atoms with Crippen LogP contribution in [0.2, 0.25) is 0 Å². The van der Waals surface area contributed by atoms with Crippen molar-refractivity contribution in [2.75, 3.05) is 26.1 Å². The number of benzene rings is 1. The largest absolute Gasteiger partial charge is 0.493 e. The average molecular weight is 251 g/mol. The van der Waals surface area contributed by atoms with E-state index in [1.807, 2.05) is 12.1 Å². The molecule has 1 aromatic rings. The Morgan fingerprint density at radius 2 is 1.89 bits per heavy atom. The van der Waals surface area contributed by atoms with Crippen molar-refractivity contribution >= 4 is 5.69 Å². The molecule has 0 aliphatic carbocycles. The summed E-state index contributed by atoms with van der Waals surface area (Å²) in [6, 6.07) is 4.34. The van der Waals surface area contributed by atoms with E-state index < -0.39 is 0 Å². The Hall–Kier alpha value is -1.42. The average Bonchev–Trinajstić information content (AvgIpc) is 2.77. The van der Waals surface area contributed by atoms with Gasteiger partial charge < -0.3 is 19.5 Å². The molecule has 0 aromatic heterocycles. The molecule has 2 rings (SSSR count). The summed E-state index contributed by atoms with van der Waals surface area (Å²) >= 11 is 0. The minimum Gasteiger partial charge on any atom is -0.493 e. The molecule has 0 saturated carbocycles. The molecule has 0 bridgehead atoms. The molecule has 4 nitrogen and oxygen atoms in total. The zero-order valence-electron chi connectivity index (χ0n) is 11.4. The molecular formula is C14H21NO3. The lowest BCUT2D eigenvalue weighted by molar-refractivity contribution is 0.121. The number of hydrogen-bond acceptors (Lipinski definition) is 4. The molecule has 1 aliphatic rings. The van der Waals surface area contributed by atoms with Crippen LogP contribution in [0.5, 0.6) is 11.5 Å².